The van der Waals surface area contributed by atoms with Crippen LogP contribution in [0.1, 0.15) is 34.7 Å². The van der Waals surface area contributed by atoms with Gasteiger partial charge in [0.1, 0.15) is 0 Å². The van der Waals surface area contributed by atoms with Crippen molar-refractivity contribution in [3.63, 3.8) is 0 Å². The summed E-state index contributed by atoms with van der Waals surface area (Å²) in [6, 6.07) is 16.2. The average molecular weight is 322 g/mol. The van der Waals surface area contributed by atoms with Gasteiger partial charge in [0, 0.05) is 0 Å². The van der Waals surface area contributed by atoms with Crippen LogP contribution in [0.15, 0.2) is 60.7 Å². The van der Waals surface area contributed by atoms with E-state index in [0.29, 0.717) is 5.56 Å². The molecule has 23 heavy (non-hydrogen) atoms. The van der Waals surface area contributed by atoms with Crippen LogP contribution in [0.2, 0.25) is 0 Å². The molecule has 2 aromatic carbocycles. The average Bonchev–Trinajstić information content (AvgIpc) is 2.55. The van der Waals surface area contributed by atoms with Crippen LogP contribution in [-0.4, -0.2) is 18.8 Å². The Kier molecular flexibility index (Phi) is 5.79. The zero-order valence-corrected chi connectivity index (χ0v) is 12.4. The Labute approximate surface area is 132 Å². The zero-order valence-electron chi connectivity index (χ0n) is 12.4. The van der Waals surface area contributed by atoms with Crippen LogP contribution >= 0.6 is 0 Å². The van der Waals surface area contributed by atoms with E-state index >= 15 is 0 Å². The molecule has 0 aromatic heterocycles. The van der Waals surface area contributed by atoms with E-state index < -0.39 is 18.1 Å². The maximum Gasteiger partial charge on any atom is 0.395 e. The molecule has 0 spiro atoms. The van der Waals surface area contributed by atoms with Crippen LogP contribution in [0.4, 0.5) is 13.2 Å². The molecular weight excluding hydrogens is 305 g/mol. The van der Waals surface area contributed by atoms with Crippen molar-refractivity contribution in [2.75, 3.05) is 6.61 Å². The van der Waals surface area contributed by atoms with E-state index in [1.165, 1.54) is 12.1 Å². The van der Waals surface area contributed by atoms with Crippen molar-refractivity contribution in [3.05, 3.63) is 71.8 Å². The maximum absolute atomic E-state index is 13.1. The van der Waals surface area contributed by atoms with Crippen molar-refractivity contribution in [2.45, 2.75) is 24.9 Å². The molecule has 0 N–H and O–H groups in total. The highest BCUT2D eigenvalue weighted by Crippen LogP contribution is 2.38. The van der Waals surface area contributed by atoms with E-state index in [-0.39, 0.29) is 25.0 Å². The number of hydrogen-bond donors (Lipinski definition) is 0. The van der Waals surface area contributed by atoms with Crippen molar-refractivity contribution in [1.82, 2.24) is 0 Å². The highest BCUT2D eigenvalue weighted by atomic mass is 19.4. The number of carbonyl (C=O) groups excluding carboxylic acids is 1. The first-order valence-corrected chi connectivity index (χ1v) is 7.32. The molecule has 0 radical (unpaired) electrons. The monoisotopic (exact) mass is 322 g/mol. The number of alkyl halides is 3. The Bertz CT molecular complexity index is 609. The number of benzene rings is 2. The molecule has 0 aliphatic rings. The van der Waals surface area contributed by atoms with Gasteiger partial charge in [0.25, 0.3) is 0 Å². The minimum atomic E-state index is -4.31. The second kappa shape index (κ2) is 7.81. The molecule has 0 amide bonds. The van der Waals surface area contributed by atoms with Gasteiger partial charge in [-0.3, -0.25) is 0 Å². The van der Waals surface area contributed by atoms with Gasteiger partial charge < -0.3 is 4.74 Å². The second-order valence-corrected chi connectivity index (χ2v) is 5.15. The highest BCUT2D eigenvalue weighted by Gasteiger charge is 2.39. The van der Waals surface area contributed by atoms with Gasteiger partial charge in [0.05, 0.1) is 18.1 Å². The second-order valence-electron chi connectivity index (χ2n) is 5.15. The molecular formula is C18H17F3O2. The number of esters is 1. The Hall–Kier alpha value is -2.30. The minimum Gasteiger partial charge on any atom is -0.462 e. The van der Waals surface area contributed by atoms with Crippen LogP contribution in [0.3, 0.4) is 0 Å². The van der Waals surface area contributed by atoms with E-state index in [0.717, 1.165) is 0 Å². The van der Waals surface area contributed by atoms with Crippen molar-refractivity contribution in [2.24, 2.45) is 0 Å². The fourth-order valence-corrected chi connectivity index (χ4v) is 2.31. The molecule has 0 saturated heterocycles. The Morgan fingerprint density at radius 1 is 0.957 bits per heavy atom. The Balaban J connectivity index is 1.87. The van der Waals surface area contributed by atoms with Gasteiger partial charge in [-0.2, -0.15) is 13.2 Å². The number of rotatable bonds is 6. The third-order valence-electron chi connectivity index (χ3n) is 3.48. The van der Waals surface area contributed by atoms with Crippen LogP contribution in [0, 0.1) is 0 Å². The van der Waals surface area contributed by atoms with Crippen molar-refractivity contribution in [1.29, 1.82) is 0 Å². The first kappa shape index (κ1) is 17.1. The standard InChI is InChI=1S/C18H17F3O2/c19-18(20,21)16(14-8-3-1-4-9-14)12-7-13-23-17(22)15-10-5-2-6-11-15/h1-6,8-11,16H,7,12-13H2. The van der Waals surface area contributed by atoms with Gasteiger partial charge in [0.2, 0.25) is 0 Å². The van der Waals surface area contributed by atoms with Crippen molar-refractivity contribution < 1.29 is 22.7 Å². The number of halogens is 3. The summed E-state index contributed by atoms with van der Waals surface area (Å²) in [4.78, 5) is 11.7. The van der Waals surface area contributed by atoms with Gasteiger partial charge in [-0.1, -0.05) is 48.5 Å². The molecule has 0 bridgehead atoms. The first-order valence-electron chi connectivity index (χ1n) is 7.32. The van der Waals surface area contributed by atoms with E-state index in [1.54, 1.807) is 48.5 Å². The van der Waals surface area contributed by atoms with E-state index in [2.05, 4.69) is 0 Å². The summed E-state index contributed by atoms with van der Waals surface area (Å²) in [5, 5.41) is 0. The van der Waals surface area contributed by atoms with Crippen LogP contribution in [0.5, 0.6) is 0 Å². The zero-order chi connectivity index (χ0) is 16.7. The molecule has 2 aromatic rings. The fraction of sp³-hybridized carbons (Fsp3) is 0.278. The largest absolute Gasteiger partial charge is 0.462 e. The first-order chi connectivity index (χ1) is 11.0. The SMILES string of the molecule is O=C(OCCCC(c1ccccc1)C(F)(F)F)c1ccccc1. The third kappa shape index (κ3) is 5.13. The third-order valence-corrected chi connectivity index (χ3v) is 3.48. The molecule has 2 rings (SSSR count). The normalized spacial score (nSPS) is 12.7. The minimum absolute atomic E-state index is 0.0346. The lowest BCUT2D eigenvalue weighted by molar-refractivity contribution is -0.152. The highest BCUT2D eigenvalue weighted by molar-refractivity contribution is 5.89. The Morgan fingerprint density at radius 2 is 1.52 bits per heavy atom. The number of carbonyl (C=O) groups is 1. The lowest BCUT2D eigenvalue weighted by Gasteiger charge is -2.20. The molecule has 122 valence electrons. The predicted molar refractivity (Wildman–Crippen MR) is 81.2 cm³/mol. The molecule has 1 atom stereocenters. The molecule has 0 saturated carbocycles. The smallest absolute Gasteiger partial charge is 0.395 e. The van der Waals surface area contributed by atoms with Gasteiger partial charge >= 0.3 is 12.1 Å². The predicted octanol–water partition coefficient (Wildman–Crippen LogP) is 4.97. The van der Waals surface area contributed by atoms with Gasteiger partial charge in [0.15, 0.2) is 0 Å². The summed E-state index contributed by atoms with van der Waals surface area (Å²) in [7, 11) is 0. The van der Waals surface area contributed by atoms with E-state index in [9.17, 15) is 18.0 Å². The summed E-state index contributed by atoms with van der Waals surface area (Å²) in [6.07, 6.45) is -4.28. The summed E-state index contributed by atoms with van der Waals surface area (Å²) in [5.74, 6) is -2.06. The maximum atomic E-state index is 13.1. The van der Waals surface area contributed by atoms with Gasteiger partial charge in [-0.05, 0) is 30.5 Å². The van der Waals surface area contributed by atoms with E-state index in [4.69, 9.17) is 4.74 Å². The topological polar surface area (TPSA) is 26.3 Å². The molecule has 0 aliphatic carbocycles. The molecule has 0 heterocycles. The van der Waals surface area contributed by atoms with Crippen molar-refractivity contribution >= 4 is 5.97 Å². The van der Waals surface area contributed by atoms with Gasteiger partial charge in [-0.15, -0.1) is 0 Å². The van der Waals surface area contributed by atoms with Gasteiger partial charge in [-0.25, -0.2) is 4.79 Å². The lowest BCUT2D eigenvalue weighted by Crippen LogP contribution is -2.21. The summed E-state index contributed by atoms with van der Waals surface area (Å²) in [6.45, 7) is -0.0346. The van der Waals surface area contributed by atoms with Crippen molar-refractivity contribution in [3.8, 4) is 0 Å². The Morgan fingerprint density at radius 3 is 2.09 bits per heavy atom. The lowest BCUT2D eigenvalue weighted by atomic mass is 9.94. The number of ether oxygens (including phenoxy) is 1. The summed E-state index contributed by atoms with van der Waals surface area (Å²) in [5.41, 5.74) is 0.623. The number of hydrogen-bond acceptors (Lipinski definition) is 2. The van der Waals surface area contributed by atoms with Crippen LogP contribution in [0.25, 0.3) is 0 Å². The van der Waals surface area contributed by atoms with E-state index in [1.807, 2.05) is 0 Å². The summed E-state index contributed by atoms with van der Waals surface area (Å²) < 4.78 is 44.5. The molecule has 1 unspecified atom stereocenters. The molecule has 2 nitrogen and oxygen atoms in total. The fourth-order valence-electron chi connectivity index (χ4n) is 2.31. The summed E-state index contributed by atoms with van der Waals surface area (Å²) >= 11 is 0. The molecule has 0 aliphatic heterocycles. The quantitative estimate of drug-likeness (QED) is 0.554. The molecule has 0 fully saturated rings. The van der Waals surface area contributed by atoms with Crippen LogP contribution in [-0.2, 0) is 4.74 Å². The van der Waals surface area contributed by atoms with Crippen LogP contribution < -0.4 is 0 Å². The molecule has 5 heteroatoms.